The van der Waals surface area contributed by atoms with Crippen molar-refractivity contribution in [3.63, 3.8) is 0 Å². The Bertz CT molecular complexity index is 505. The van der Waals surface area contributed by atoms with Gasteiger partial charge in [-0.1, -0.05) is 0 Å². The smallest absolute Gasteiger partial charge is 0.207 e. The normalized spacial score (nSPS) is 11.0. The largest absolute Gasteiger partial charge is 0.241 e. The van der Waals surface area contributed by atoms with Crippen molar-refractivity contribution in [1.82, 2.24) is 4.72 Å². The van der Waals surface area contributed by atoms with Crippen LogP contribution in [0.15, 0.2) is 23.1 Å². The third-order valence-corrected chi connectivity index (χ3v) is 3.33. The highest BCUT2D eigenvalue weighted by Gasteiger charge is 2.15. The second-order valence-electron chi connectivity index (χ2n) is 2.89. The summed E-state index contributed by atoms with van der Waals surface area (Å²) in [7, 11) is -3.71. The van der Waals surface area contributed by atoms with E-state index in [1.54, 1.807) is 6.07 Å². The fourth-order valence-electron chi connectivity index (χ4n) is 1.12. The molecule has 1 aromatic carbocycles. The molecule has 0 saturated heterocycles. The van der Waals surface area contributed by atoms with E-state index in [1.807, 2.05) is 0 Å². The van der Waals surface area contributed by atoms with Gasteiger partial charge in [-0.15, -0.1) is 0 Å². The van der Waals surface area contributed by atoms with Crippen molar-refractivity contribution in [2.24, 2.45) is 0 Å². The van der Waals surface area contributed by atoms with Crippen LogP contribution >= 0.6 is 0 Å². The van der Waals surface area contributed by atoms with E-state index >= 15 is 0 Å². The molecule has 6 heteroatoms. The molecular weight excluding hydrogens is 219 g/mol. The van der Waals surface area contributed by atoms with Gasteiger partial charge in [-0.05, 0) is 30.7 Å². The number of nitriles is 1. The first-order valence-electron chi connectivity index (χ1n) is 4.10. The summed E-state index contributed by atoms with van der Waals surface area (Å²) < 4.78 is 37.9. The number of aryl methyl sites for hydroxylation is 1. The van der Waals surface area contributed by atoms with Crippen LogP contribution < -0.4 is 4.72 Å². The van der Waals surface area contributed by atoms with Crippen molar-refractivity contribution >= 4 is 10.0 Å². The minimum atomic E-state index is -3.71. The maximum absolute atomic E-state index is 12.7. The van der Waals surface area contributed by atoms with Gasteiger partial charge in [0.2, 0.25) is 10.0 Å². The van der Waals surface area contributed by atoms with Gasteiger partial charge in [0, 0.05) is 0 Å². The van der Waals surface area contributed by atoms with E-state index in [4.69, 9.17) is 5.26 Å². The highest BCUT2D eigenvalue weighted by Crippen LogP contribution is 2.15. The van der Waals surface area contributed by atoms with Gasteiger partial charge in [0.15, 0.2) is 0 Å². The van der Waals surface area contributed by atoms with Crippen LogP contribution in [-0.4, -0.2) is 15.0 Å². The predicted octanol–water partition coefficient (Wildman–Crippen LogP) is 0.936. The molecule has 0 bridgehead atoms. The first-order chi connectivity index (χ1) is 6.97. The van der Waals surface area contributed by atoms with E-state index in [0.29, 0.717) is 5.56 Å². The molecule has 4 nitrogen and oxygen atoms in total. The van der Waals surface area contributed by atoms with E-state index in [-0.39, 0.29) is 11.4 Å². The topological polar surface area (TPSA) is 70.0 Å². The second kappa shape index (κ2) is 4.38. The summed E-state index contributed by atoms with van der Waals surface area (Å²) in [5.41, 5.74) is 0.306. The van der Waals surface area contributed by atoms with Crippen LogP contribution in [0.25, 0.3) is 0 Å². The summed E-state index contributed by atoms with van der Waals surface area (Å²) in [5, 5.41) is 8.25. The van der Waals surface area contributed by atoms with Crippen molar-refractivity contribution in [2.45, 2.75) is 11.8 Å². The van der Waals surface area contributed by atoms with E-state index in [0.717, 1.165) is 12.1 Å². The van der Waals surface area contributed by atoms with E-state index in [1.165, 1.54) is 13.0 Å². The van der Waals surface area contributed by atoms with Gasteiger partial charge in [0.25, 0.3) is 0 Å². The van der Waals surface area contributed by atoms with Crippen LogP contribution in [0.3, 0.4) is 0 Å². The molecule has 0 heterocycles. The molecule has 0 atom stereocenters. The predicted molar refractivity (Wildman–Crippen MR) is 51.9 cm³/mol. The maximum Gasteiger partial charge on any atom is 0.241 e. The summed E-state index contributed by atoms with van der Waals surface area (Å²) in [6, 6.07) is 5.02. The molecule has 1 rings (SSSR count). The van der Waals surface area contributed by atoms with Gasteiger partial charge in [-0.2, -0.15) is 9.98 Å². The van der Waals surface area contributed by atoms with Crippen LogP contribution in [0.5, 0.6) is 0 Å². The molecule has 80 valence electrons. The molecule has 0 aliphatic heterocycles. The Morgan fingerprint density at radius 2 is 2.20 bits per heavy atom. The van der Waals surface area contributed by atoms with Crippen LogP contribution in [0.2, 0.25) is 0 Å². The van der Waals surface area contributed by atoms with Crippen LogP contribution in [-0.2, 0) is 10.0 Å². The Hall–Kier alpha value is -1.45. The number of sulfonamides is 1. The lowest BCUT2D eigenvalue weighted by molar-refractivity contribution is 0.584. The zero-order chi connectivity index (χ0) is 11.5. The summed E-state index contributed by atoms with van der Waals surface area (Å²) in [4.78, 5) is -0.0147. The molecule has 0 aliphatic carbocycles. The number of nitrogens with one attached hydrogen (secondary N) is 1. The number of rotatable bonds is 3. The Morgan fingerprint density at radius 3 is 2.73 bits per heavy atom. The number of hydrogen-bond donors (Lipinski definition) is 1. The average Bonchev–Trinajstić information content (AvgIpc) is 2.14. The fourth-order valence-corrected chi connectivity index (χ4v) is 2.26. The molecule has 0 fully saturated rings. The van der Waals surface area contributed by atoms with E-state index < -0.39 is 15.8 Å². The Morgan fingerprint density at radius 1 is 1.53 bits per heavy atom. The zero-order valence-corrected chi connectivity index (χ0v) is 8.81. The minimum absolute atomic E-state index is 0.0147. The SMILES string of the molecule is Cc1cc(F)ccc1S(=O)(=O)NCC#N. The molecule has 15 heavy (non-hydrogen) atoms. The van der Waals surface area contributed by atoms with Gasteiger partial charge in [-0.25, -0.2) is 12.8 Å². The minimum Gasteiger partial charge on any atom is -0.207 e. The van der Waals surface area contributed by atoms with Crippen LogP contribution in [0, 0.1) is 24.1 Å². The van der Waals surface area contributed by atoms with Crippen molar-refractivity contribution in [2.75, 3.05) is 6.54 Å². The Kier molecular flexibility index (Phi) is 3.39. The maximum atomic E-state index is 12.7. The Labute approximate surface area is 87.4 Å². The molecule has 0 amide bonds. The second-order valence-corrected chi connectivity index (χ2v) is 4.63. The van der Waals surface area contributed by atoms with Gasteiger partial charge < -0.3 is 0 Å². The molecular formula is C9H9FN2O2S. The third kappa shape index (κ3) is 2.75. The fraction of sp³-hybridized carbons (Fsp3) is 0.222. The van der Waals surface area contributed by atoms with Gasteiger partial charge in [-0.3, -0.25) is 0 Å². The molecule has 1 N–H and O–H groups in total. The molecule has 0 aromatic heterocycles. The lowest BCUT2D eigenvalue weighted by atomic mass is 10.2. The van der Waals surface area contributed by atoms with Gasteiger partial charge in [0.1, 0.15) is 5.82 Å². The summed E-state index contributed by atoms with van der Waals surface area (Å²) in [5.74, 6) is -0.494. The van der Waals surface area contributed by atoms with Crippen molar-refractivity contribution < 1.29 is 12.8 Å². The molecule has 0 saturated carbocycles. The first kappa shape index (κ1) is 11.6. The summed E-state index contributed by atoms with van der Waals surface area (Å²) in [6.07, 6.45) is 0. The lowest BCUT2D eigenvalue weighted by Gasteiger charge is -2.06. The van der Waals surface area contributed by atoms with Crippen LogP contribution in [0.4, 0.5) is 4.39 Å². The number of halogens is 1. The van der Waals surface area contributed by atoms with Gasteiger partial charge in [0.05, 0.1) is 17.5 Å². The zero-order valence-electron chi connectivity index (χ0n) is 7.99. The Balaban J connectivity index is 3.12. The molecule has 0 spiro atoms. The third-order valence-electron chi connectivity index (χ3n) is 1.77. The van der Waals surface area contributed by atoms with Crippen molar-refractivity contribution in [3.8, 4) is 6.07 Å². The van der Waals surface area contributed by atoms with E-state index in [9.17, 15) is 12.8 Å². The highest BCUT2D eigenvalue weighted by atomic mass is 32.2. The molecule has 1 aromatic rings. The summed E-state index contributed by atoms with van der Waals surface area (Å²) in [6.45, 7) is 1.18. The number of nitrogens with zero attached hydrogens (tertiary/aromatic N) is 1. The molecule has 0 radical (unpaired) electrons. The average molecular weight is 228 g/mol. The summed E-state index contributed by atoms with van der Waals surface area (Å²) >= 11 is 0. The quantitative estimate of drug-likeness (QED) is 0.782. The number of benzene rings is 1. The lowest BCUT2D eigenvalue weighted by Crippen LogP contribution is -2.24. The van der Waals surface area contributed by atoms with E-state index in [2.05, 4.69) is 4.72 Å². The molecule has 0 aliphatic rings. The first-order valence-corrected chi connectivity index (χ1v) is 5.58. The number of hydrogen-bond acceptors (Lipinski definition) is 3. The molecule has 0 unspecified atom stereocenters. The van der Waals surface area contributed by atoms with Crippen molar-refractivity contribution in [3.05, 3.63) is 29.6 Å². The van der Waals surface area contributed by atoms with Gasteiger partial charge >= 0.3 is 0 Å². The highest BCUT2D eigenvalue weighted by molar-refractivity contribution is 7.89. The van der Waals surface area contributed by atoms with Crippen molar-refractivity contribution in [1.29, 1.82) is 5.26 Å². The standard InChI is InChI=1S/C9H9FN2O2S/c1-7-6-8(10)2-3-9(7)15(13,14)12-5-4-11/h2-3,6,12H,5H2,1H3. The monoisotopic (exact) mass is 228 g/mol. The van der Waals surface area contributed by atoms with Crippen LogP contribution in [0.1, 0.15) is 5.56 Å².